The third-order valence-corrected chi connectivity index (χ3v) is 6.85. The number of rotatable bonds is 5. The summed E-state index contributed by atoms with van der Waals surface area (Å²) < 4.78 is 71.8. The largest absolute Gasteiger partial charge is 0.457 e. The van der Waals surface area contributed by atoms with E-state index >= 15 is 0 Å². The minimum absolute atomic E-state index is 0.190. The van der Waals surface area contributed by atoms with E-state index in [-0.39, 0.29) is 15.1 Å². The molecule has 0 amide bonds. The normalized spacial score (nSPS) is 12.0. The van der Waals surface area contributed by atoms with Gasteiger partial charge in [0.15, 0.2) is 0 Å². The molecular weight excluding hydrogens is 509 g/mol. The van der Waals surface area contributed by atoms with Crippen molar-refractivity contribution in [2.24, 2.45) is 0 Å². The van der Waals surface area contributed by atoms with E-state index in [9.17, 15) is 21.6 Å². The highest BCUT2D eigenvalue weighted by molar-refractivity contribution is 9.10. The maximum Gasteiger partial charge on any atom is 0.416 e. The van der Waals surface area contributed by atoms with Gasteiger partial charge in [0, 0.05) is 21.7 Å². The minimum Gasteiger partial charge on any atom is -0.457 e. The smallest absolute Gasteiger partial charge is 0.416 e. The lowest BCUT2D eigenvalue weighted by molar-refractivity contribution is -0.137. The number of hydrogen-bond acceptors (Lipinski definition) is 4. The number of para-hydroxylation sites is 1. The number of aromatic nitrogens is 1. The number of halogens is 4. The fourth-order valence-electron chi connectivity index (χ4n) is 2.98. The number of nitrogens with one attached hydrogen (secondary N) is 1. The molecule has 0 saturated heterocycles. The van der Waals surface area contributed by atoms with Gasteiger partial charge in [-0.05, 0) is 76.6 Å². The molecule has 1 aromatic heterocycles. The Bertz CT molecular complexity index is 1390. The monoisotopic (exact) mass is 522 g/mol. The molecule has 0 radical (unpaired) electrons. The molecule has 3 aromatic carbocycles. The van der Waals surface area contributed by atoms with Crippen LogP contribution in [0.5, 0.6) is 11.5 Å². The third-order valence-electron chi connectivity index (χ3n) is 4.49. The minimum atomic E-state index is -4.58. The maximum atomic E-state index is 12.8. The molecule has 0 bridgehead atoms. The molecule has 0 saturated carbocycles. The fraction of sp³-hybridized carbons (Fsp3) is 0.0455. The highest BCUT2D eigenvalue weighted by atomic mass is 79.9. The predicted molar refractivity (Wildman–Crippen MR) is 118 cm³/mol. The first-order valence-corrected chi connectivity index (χ1v) is 11.4. The molecule has 5 nitrogen and oxygen atoms in total. The van der Waals surface area contributed by atoms with Gasteiger partial charge in [-0.3, -0.25) is 9.71 Å². The van der Waals surface area contributed by atoms with Gasteiger partial charge in [-0.2, -0.15) is 13.2 Å². The summed E-state index contributed by atoms with van der Waals surface area (Å²) in [5.74, 6) is 1.07. The van der Waals surface area contributed by atoms with Gasteiger partial charge < -0.3 is 4.74 Å². The van der Waals surface area contributed by atoms with Crippen molar-refractivity contribution < 1.29 is 26.3 Å². The van der Waals surface area contributed by atoms with Crippen LogP contribution < -0.4 is 9.46 Å². The van der Waals surface area contributed by atoms with Crippen molar-refractivity contribution in [3.05, 3.63) is 89.0 Å². The van der Waals surface area contributed by atoms with Crippen LogP contribution >= 0.6 is 15.9 Å². The Hall–Kier alpha value is -3.11. The molecule has 1 heterocycles. The fourth-order valence-corrected chi connectivity index (χ4v) is 5.12. The molecule has 0 unspecified atom stereocenters. The second-order valence-electron chi connectivity index (χ2n) is 6.70. The highest BCUT2D eigenvalue weighted by Crippen LogP contribution is 2.34. The maximum absolute atomic E-state index is 12.8. The van der Waals surface area contributed by atoms with Crippen molar-refractivity contribution in [3.63, 3.8) is 0 Å². The molecule has 0 aliphatic carbocycles. The summed E-state index contributed by atoms with van der Waals surface area (Å²) >= 11 is 2.91. The van der Waals surface area contributed by atoms with Crippen LogP contribution in [0, 0.1) is 0 Å². The zero-order valence-electron chi connectivity index (χ0n) is 16.1. The Morgan fingerprint density at radius 2 is 1.66 bits per heavy atom. The Labute approximate surface area is 190 Å². The molecule has 0 aliphatic rings. The molecule has 4 aromatic rings. The number of alkyl halides is 3. The third kappa shape index (κ3) is 4.71. The average Bonchev–Trinajstić information content (AvgIpc) is 2.74. The lowest BCUT2D eigenvalue weighted by Crippen LogP contribution is -2.14. The van der Waals surface area contributed by atoms with Gasteiger partial charge in [-0.1, -0.05) is 12.1 Å². The Morgan fingerprint density at radius 1 is 0.938 bits per heavy atom. The summed E-state index contributed by atoms with van der Waals surface area (Å²) in [5, 5.41) is 0.826. The van der Waals surface area contributed by atoms with Crippen LogP contribution in [0.4, 0.5) is 18.9 Å². The quantitative estimate of drug-likeness (QED) is 0.320. The lowest BCUT2D eigenvalue weighted by atomic mass is 10.2. The number of ether oxygens (including phenoxy) is 1. The number of fused-ring (bicyclic) bond motifs is 1. The number of pyridine rings is 1. The second-order valence-corrected chi connectivity index (χ2v) is 9.21. The predicted octanol–water partition coefficient (Wildman–Crippen LogP) is 6.61. The van der Waals surface area contributed by atoms with Crippen molar-refractivity contribution >= 4 is 42.5 Å². The van der Waals surface area contributed by atoms with Crippen LogP contribution in [0.1, 0.15) is 5.56 Å². The zero-order valence-corrected chi connectivity index (χ0v) is 18.5. The highest BCUT2D eigenvalue weighted by Gasteiger charge is 2.32. The first-order valence-electron chi connectivity index (χ1n) is 9.15. The van der Waals surface area contributed by atoms with E-state index in [1.54, 1.807) is 24.4 Å². The topological polar surface area (TPSA) is 68.3 Å². The van der Waals surface area contributed by atoms with Crippen LogP contribution in [-0.2, 0) is 16.2 Å². The molecule has 32 heavy (non-hydrogen) atoms. The van der Waals surface area contributed by atoms with Gasteiger partial charge in [0.1, 0.15) is 16.4 Å². The van der Waals surface area contributed by atoms with E-state index in [1.165, 1.54) is 12.1 Å². The van der Waals surface area contributed by atoms with E-state index in [1.807, 2.05) is 24.3 Å². The van der Waals surface area contributed by atoms with E-state index in [0.717, 1.165) is 29.1 Å². The average molecular weight is 523 g/mol. The van der Waals surface area contributed by atoms with Crippen LogP contribution in [0.25, 0.3) is 10.9 Å². The van der Waals surface area contributed by atoms with E-state index < -0.39 is 21.8 Å². The van der Waals surface area contributed by atoms with Crippen LogP contribution in [0.3, 0.4) is 0 Å². The number of benzene rings is 3. The van der Waals surface area contributed by atoms with Crippen molar-refractivity contribution in [2.75, 3.05) is 4.72 Å². The SMILES string of the molecule is O=S(=O)(Nc1ccc(Oc2ccnc3ccccc23)cc1)c1ccc(C(F)(F)F)cc1Br. The van der Waals surface area contributed by atoms with Gasteiger partial charge in [0.2, 0.25) is 0 Å². The van der Waals surface area contributed by atoms with Gasteiger partial charge in [0.25, 0.3) is 10.0 Å². The first-order chi connectivity index (χ1) is 15.1. The summed E-state index contributed by atoms with van der Waals surface area (Å²) in [6.45, 7) is 0. The summed E-state index contributed by atoms with van der Waals surface area (Å²) in [7, 11) is -4.12. The van der Waals surface area contributed by atoms with Gasteiger partial charge in [-0.15, -0.1) is 0 Å². The van der Waals surface area contributed by atoms with Crippen molar-refractivity contribution in [1.82, 2.24) is 4.98 Å². The Kier molecular flexibility index (Phi) is 5.83. The Morgan fingerprint density at radius 3 is 2.34 bits per heavy atom. The molecule has 4 rings (SSSR count). The molecule has 0 atom stereocenters. The second kappa shape index (κ2) is 8.44. The molecule has 10 heteroatoms. The van der Waals surface area contributed by atoms with Crippen molar-refractivity contribution in [1.29, 1.82) is 0 Å². The summed E-state index contributed by atoms with van der Waals surface area (Å²) in [6, 6.07) is 17.7. The number of hydrogen-bond donors (Lipinski definition) is 1. The molecule has 0 spiro atoms. The van der Waals surface area contributed by atoms with Crippen molar-refractivity contribution in [3.8, 4) is 11.5 Å². The number of sulfonamides is 1. The van der Waals surface area contributed by atoms with Gasteiger partial charge in [-0.25, -0.2) is 8.42 Å². The summed E-state index contributed by atoms with van der Waals surface area (Å²) in [5.41, 5.74) is 0.0497. The van der Waals surface area contributed by atoms with Gasteiger partial charge >= 0.3 is 6.18 Å². The molecule has 0 aliphatic heterocycles. The molecule has 1 N–H and O–H groups in total. The van der Waals surface area contributed by atoms with Crippen LogP contribution in [-0.4, -0.2) is 13.4 Å². The zero-order chi connectivity index (χ0) is 22.9. The van der Waals surface area contributed by atoms with E-state index in [4.69, 9.17) is 4.74 Å². The van der Waals surface area contributed by atoms with Crippen LogP contribution in [0.15, 0.2) is 88.4 Å². The van der Waals surface area contributed by atoms with E-state index in [0.29, 0.717) is 11.5 Å². The first kappa shape index (κ1) is 22.1. The Balaban J connectivity index is 1.53. The summed E-state index contributed by atoms with van der Waals surface area (Å²) in [6.07, 6.45) is -2.95. The number of nitrogens with zero attached hydrogens (tertiary/aromatic N) is 1. The summed E-state index contributed by atoms with van der Waals surface area (Å²) in [4.78, 5) is 3.96. The molecular formula is C22H14BrF3N2O3S. The lowest BCUT2D eigenvalue weighted by Gasteiger charge is -2.13. The van der Waals surface area contributed by atoms with Crippen molar-refractivity contribution in [2.45, 2.75) is 11.1 Å². The van der Waals surface area contributed by atoms with Crippen LogP contribution in [0.2, 0.25) is 0 Å². The van der Waals surface area contributed by atoms with E-state index in [2.05, 4.69) is 25.6 Å². The number of anilines is 1. The standard InChI is InChI=1S/C22H14BrF3N2O3S/c23-18-13-14(22(24,25)26)5-10-21(18)32(29,30)28-15-6-8-16(9-7-15)31-20-11-12-27-19-4-2-1-3-17(19)20/h1-13,28H. The molecule has 164 valence electrons. The molecule has 0 fully saturated rings. The van der Waals surface area contributed by atoms with Gasteiger partial charge in [0.05, 0.1) is 11.1 Å².